The number of fused-ring (bicyclic) bond motifs is 1. The van der Waals surface area contributed by atoms with Crippen LogP contribution in [-0.4, -0.2) is 35.3 Å². The van der Waals surface area contributed by atoms with Crippen molar-refractivity contribution < 1.29 is 14.3 Å². The lowest BCUT2D eigenvalue weighted by atomic mass is 10.1. The summed E-state index contributed by atoms with van der Waals surface area (Å²) in [5.41, 5.74) is 7.90. The average molecular weight is 319 g/mol. The number of imidazole rings is 1. The summed E-state index contributed by atoms with van der Waals surface area (Å²) in [4.78, 5) is 22.7. The number of carbonyl (C=O) groups is 1. The number of methoxy groups -OCH3 is 2. The Morgan fingerprint density at radius 3 is 2.86 bits per heavy atom. The minimum atomic E-state index is -0.578. The van der Waals surface area contributed by atoms with Gasteiger partial charge in [0, 0.05) is 5.56 Å². The van der Waals surface area contributed by atoms with Gasteiger partial charge in [0.2, 0.25) is 0 Å². The van der Waals surface area contributed by atoms with Crippen LogP contribution in [0.3, 0.4) is 0 Å². The molecule has 4 N–H and O–H groups in total. The molecule has 3 aromatic rings. The summed E-state index contributed by atoms with van der Waals surface area (Å²) in [7, 11) is 2.86. The lowest BCUT2D eigenvalue weighted by Gasteiger charge is -2.03. The van der Waals surface area contributed by atoms with Crippen LogP contribution in [0.15, 0.2) is 18.3 Å². The fourth-order valence-electron chi connectivity index (χ4n) is 2.03. The van der Waals surface area contributed by atoms with Crippen LogP contribution in [0.5, 0.6) is 5.75 Å². The molecule has 2 aromatic heterocycles. The van der Waals surface area contributed by atoms with Crippen LogP contribution in [0.2, 0.25) is 0 Å². The third kappa shape index (κ3) is 2.42. The number of hydrogen-bond acceptors (Lipinski definition) is 7. The Morgan fingerprint density at radius 1 is 1.41 bits per heavy atom. The van der Waals surface area contributed by atoms with E-state index in [0.717, 1.165) is 16.0 Å². The van der Waals surface area contributed by atoms with Crippen LogP contribution in [-0.2, 0) is 4.74 Å². The molecule has 1 aromatic carbocycles. The van der Waals surface area contributed by atoms with Gasteiger partial charge in [-0.3, -0.25) is 5.32 Å². The van der Waals surface area contributed by atoms with E-state index in [1.165, 1.54) is 18.4 Å². The molecule has 0 bridgehead atoms. The van der Waals surface area contributed by atoms with Crippen molar-refractivity contribution in [2.24, 2.45) is 0 Å². The van der Waals surface area contributed by atoms with Gasteiger partial charge in [0.15, 0.2) is 11.1 Å². The predicted octanol–water partition coefficient (Wildman–Crippen LogP) is 2.46. The van der Waals surface area contributed by atoms with Crippen molar-refractivity contribution in [2.45, 2.75) is 0 Å². The van der Waals surface area contributed by atoms with Gasteiger partial charge >= 0.3 is 6.09 Å². The van der Waals surface area contributed by atoms with Gasteiger partial charge in [-0.1, -0.05) is 11.3 Å². The summed E-state index contributed by atoms with van der Waals surface area (Å²) in [6, 6.07) is 3.69. The molecule has 0 aliphatic heterocycles. The number of nitrogens with two attached hydrogens (primary N) is 1. The maximum absolute atomic E-state index is 11.3. The largest absolute Gasteiger partial charge is 0.494 e. The topological polar surface area (TPSA) is 115 Å². The van der Waals surface area contributed by atoms with Crippen molar-refractivity contribution in [3.63, 3.8) is 0 Å². The van der Waals surface area contributed by atoms with Gasteiger partial charge in [-0.2, -0.15) is 0 Å². The zero-order chi connectivity index (χ0) is 15.7. The first-order chi connectivity index (χ1) is 10.6. The number of anilines is 2. The lowest BCUT2D eigenvalue weighted by molar-refractivity contribution is 0.187. The number of H-pyrrole nitrogens is 1. The standard InChI is InChI=1S/C13H13N5O3S/c1-20-8-4-3-6(7-5-15-11(14)16-7)10-9(8)17-12(22-10)18-13(19)21-2/h3-5H,1-2H3,(H3,14,15,16)(H,17,18,19). The van der Waals surface area contributed by atoms with E-state index in [9.17, 15) is 4.79 Å². The Morgan fingerprint density at radius 2 is 2.23 bits per heavy atom. The van der Waals surface area contributed by atoms with Crippen molar-refractivity contribution in [3.8, 4) is 17.0 Å². The average Bonchev–Trinajstić information content (AvgIpc) is 3.12. The van der Waals surface area contributed by atoms with Crippen LogP contribution >= 0.6 is 11.3 Å². The maximum Gasteiger partial charge on any atom is 0.413 e. The van der Waals surface area contributed by atoms with Gasteiger partial charge in [-0.05, 0) is 12.1 Å². The third-order valence-corrected chi connectivity index (χ3v) is 4.01. The van der Waals surface area contributed by atoms with E-state index in [0.29, 0.717) is 22.3 Å². The highest BCUT2D eigenvalue weighted by Crippen LogP contribution is 2.39. The van der Waals surface area contributed by atoms with E-state index in [4.69, 9.17) is 10.5 Å². The quantitative estimate of drug-likeness (QED) is 0.683. The van der Waals surface area contributed by atoms with Crippen LogP contribution < -0.4 is 15.8 Å². The number of aromatic amines is 1. The maximum atomic E-state index is 11.3. The van der Waals surface area contributed by atoms with Crippen LogP contribution in [0, 0.1) is 0 Å². The van der Waals surface area contributed by atoms with Gasteiger partial charge in [0.1, 0.15) is 11.3 Å². The summed E-state index contributed by atoms with van der Waals surface area (Å²) < 4.78 is 10.7. The normalized spacial score (nSPS) is 10.6. The molecule has 22 heavy (non-hydrogen) atoms. The van der Waals surface area contributed by atoms with Gasteiger partial charge in [-0.25, -0.2) is 14.8 Å². The van der Waals surface area contributed by atoms with E-state index in [1.54, 1.807) is 19.4 Å². The molecule has 3 rings (SSSR count). The zero-order valence-electron chi connectivity index (χ0n) is 11.8. The van der Waals surface area contributed by atoms with Gasteiger partial charge in [0.25, 0.3) is 0 Å². The minimum Gasteiger partial charge on any atom is -0.494 e. The van der Waals surface area contributed by atoms with E-state index in [1.807, 2.05) is 6.07 Å². The summed E-state index contributed by atoms with van der Waals surface area (Å²) in [5.74, 6) is 0.941. The Balaban J connectivity index is 2.15. The molecule has 114 valence electrons. The number of nitrogen functional groups attached to an aromatic ring is 1. The molecule has 0 spiro atoms. The molecule has 0 fully saturated rings. The molecule has 8 nitrogen and oxygen atoms in total. The zero-order valence-corrected chi connectivity index (χ0v) is 12.7. The molecule has 0 saturated heterocycles. The first kappa shape index (κ1) is 14.1. The molecular formula is C13H13N5O3S. The Bertz CT molecular complexity index is 841. The molecule has 0 unspecified atom stereocenters. The first-order valence-electron chi connectivity index (χ1n) is 6.25. The molecular weight excluding hydrogens is 306 g/mol. The number of nitrogens with one attached hydrogen (secondary N) is 2. The summed E-state index contributed by atoms with van der Waals surface area (Å²) >= 11 is 1.31. The van der Waals surface area contributed by atoms with Crippen LogP contribution in [0.4, 0.5) is 15.9 Å². The van der Waals surface area contributed by atoms with Crippen molar-refractivity contribution >= 4 is 38.7 Å². The summed E-state index contributed by atoms with van der Waals surface area (Å²) in [6.07, 6.45) is 1.06. The predicted molar refractivity (Wildman–Crippen MR) is 84.2 cm³/mol. The van der Waals surface area contributed by atoms with Crippen LogP contribution in [0.25, 0.3) is 21.5 Å². The van der Waals surface area contributed by atoms with Crippen molar-refractivity contribution in [3.05, 3.63) is 18.3 Å². The number of ether oxygens (including phenoxy) is 2. The third-order valence-electron chi connectivity index (χ3n) is 3.01. The Labute approximate surface area is 129 Å². The van der Waals surface area contributed by atoms with Gasteiger partial charge in [-0.15, -0.1) is 0 Å². The molecule has 0 aliphatic rings. The van der Waals surface area contributed by atoms with E-state index in [-0.39, 0.29) is 0 Å². The van der Waals surface area contributed by atoms with Gasteiger partial charge < -0.3 is 20.2 Å². The lowest BCUT2D eigenvalue weighted by Crippen LogP contribution is -2.10. The number of carbonyl (C=O) groups excluding carboxylic acids is 1. The van der Waals surface area contributed by atoms with E-state index in [2.05, 4.69) is 25.0 Å². The molecule has 0 radical (unpaired) electrons. The molecule has 2 heterocycles. The number of nitrogens with zero attached hydrogens (tertiary/aromatic N) is 2. The van der Waals surface area contributed by atoms with Gasteiger partial charge in [0.05, 0.1) is 30.8 Å². The highest BCUT2D eigenvalue weighted by Gasteiger charge is 2.16. The Kier molecular flexibility index (Phi) is 3.55. The number of thiazole rings is 1. The van der Waals surface area contributed by atoms with Crippen molar-refractivity contribution in [1.82, 2.24) is 15.0 Å². The Hall–Kier alpha value is -2.81. The number of benzene rings is 1. The fourth-order valence-corrected chi connectivity index (χ4v) is 3.02. The first-order valence-corrected chi connectivity index (χ1v) is 7.07. The van der Waals surface area contributed by atoms with E-state index >= 15 is 0 Å². The van der Waals surface area contributed by atoms with Crippen LogP contribution in [0.1, 0.15) is 0 Å². The SMILES string of the molecule is COC(=O)Nc1nc2c(OC)ccc(-c3cnc(N)[nH]3)c2s1. The highest BCUT2D eigenvalue weighted by atomic mass is 32.1. The number of amides is 1. The number of rotatable bonds is 3. The molecule has 1 amide bonds. The van der Waals surface area contributed by atoms with Crippen molar-refractivity contribution in [1.29, 1.82) is 0 Å². The minimum absolute atomic E-state index is 0.330. The fraction of sp³-hybridized carbons (Fsp3) is 0.154. The summed E-state index contributed by atoms with van der Waals surface area (Å²) in [5, 5.41) is 2.97. The molecule has 0 atom stereocenters. The number of aromatic nitrogens is 3. The number of hydrogen-bond donors (Lipinski definition) is 3. The monoisotopic (exact) mass is 319 g/mol. The van der Waals surface area contributed by atoms with Crippen molar-refractivity contribution in [2.75, 3.05) is 25.3 Å². The summed E-state index contributed by atoms with van der Waals surface area (Å²) in [6.45, 7) is 0. The second-order valence-corrected chi connectivity index (χ2v) is 5.31. The second-order valence-electron chi connectivity index (χ2n) is 4.31. The molecule has 0 saturated carbocycles. The smallest absolute Gasteiger partial charge is 0.413 e. The molecule has 0 aliphatic carbocycles. The van der Waals surface area contributed by atoms with E-state index < -0.39 is 6.09 Å². The highest BCUT2D eigenvalue weighted by molar-refractivity contribution is 7.23. The second kappa shape index (κ2) is 5.53. The molecule has 9 heteroatoms.